The van der Waals surface area contributed by atoms with Crippen molar-refractivity contribution in [2.24, 2.45) is 5.84 Å². The zero-order chi connectivity index (χ0) is 12.8. The van der Waals surface area contributed by atoms with Gasteiger partial charge in [-0.05, 0) is 47.0 Å². The smallest absolute Gasteiger partial charge is 0.274 e. The number of hydrogen-bond acceptors (Lipinski definition) is 3. The summed E-state index contributed by atoms with van der Waals surface area (Å²) in [5.41, 5.74) is 3.25. The molecule has 0 aliphatic rings. The van der Waals surface area contributed by atoms with Gasteiger partial charge in [0.25, 0.3) is 5.91 Å². The van der Waals surface area contributed by atoms with Crippen molar-refractivity contribution in [1.82, 2.24) is 5.43 Å². The van der Waals surface area contributed by atoms with Crippen molar-refractivity contribution in [3.05, 3.63) is 28.2 Å². The molecule has 1 unspecified atom stereocenters. The van der Waals surface area contributed by atoms with Gasteiger partial charge in [0, 0.05) is 0 Å². The Balaban J connectivity index is 2.82. The number of amides is 1. The average molecular weight is 301 g/mol. The van der Waals surface area contributed by atoms with Crippen LogP contribution in [-0.4, -0.2) is 12.0 Å². The fraction of sp³-hybridized carbons (Fsp3) is 0.417. The Morgan fingerprint density at radius 3 is 2.82 bits per heavy atom. The summed E-state index contributed by atoms with van der Waals surface area (Å²) in [4.78, 5) is 11.5. The first kappa shape index (κ1) is 14.0. The Morgan fingerprint density at radius 2 is 2.29 bits per heavy atom. The number of benzene rings is 1. The Kier molecular flexibility index (Phi) is 5.44. The van der Waals surface area contributed by atoms with Gasteiger partial charge >= 0.3 is 0 Å². The van der Waals surface area contributed by atoms with Crippen LogP contribution >= 0.6 is 15.9 Å². The first-order valence-corrected chi connectivity index (χ1v) is 6.31. The van der Waals surface area contributed by atoms with Crippen molar-refractivity contribution in [3.63, 3.8) is 0 Å². The Labute approximate surface area is 110 Å². The normalized spacial score (nSPS) is 12.0. The van der Waals surface area contributed by atoms with Crippen molar-refractivity contribution < 1.29 is 9.53 Å². The number of rotatable bonds is 5. The second-order valence-electron chi connectivity index (χ2n) is 3.84. The molecule has 0 saturated carbocycles. The van der Waals surface area contributed by atoms with Crippen LogP contribution in [0.1, 0.15) is 25.3 Å². The van der Waals surface area contributed by atoms with E-state index in [0.717, 1.165) is 16.5 Å². The summed E-state index contributed by atoms with van der Waals surface area (Å²) in [6.45, 7) is 3.98. The third-order valence-electron chi connectivity index (χ3n) is 2.34. The highest BCUT2D eigenvalue weighted by Crippen LogP contribution is 2.27. The molecule has 0 aromatic heterocycles. The predicted octanol–water partition coefficient (Wildman–Crippen LogP) is 2.29. The van der Waals surface area contributed by atoms with Crippen LogP contribution in [-0.2, 0) is 4.79 Å². The van der Waals surface area contributed by atoms with Gasteiger partial charge in [0.1, 0.15) is 5.75 Å². The molecule has 0 fully saturated rings. The monoisotopic (exact) mass is 300 g/mol. The van der Waals surface area contributed by atoms with Crippen LogP contribution in [0.2, 0.25) is 0 Å². The quantitative estimate of drug-likeness (QED) is 0.498. The number of carbonyl (C=O) groups is 1. The van der Waals surface area contributed by atoms with Crippen molar-refractivity contribution in [2.75, 3.05) is 0 Å². The molecule has 0 spiro atoms. The molecule has 94 valence electrons. The minimum Gasteiger partial charge on any atom is -0.479 e. The third-order valence-corrected chi connectivity index (χ3v) is 2.96. The zero-order valence-electron chi connectivity index (χ0n) is 10.00. The molecule has 17 heavy (non-hydrogen) atoms. The van der Waals surface area contributed by atoms with Crippen molar-refractivity contribution >= 4 is 21.8 Å². The summed E-state index contributed by atoms with van der Waals surface area (Å²) in [6, 6.07) is 5.72. The van der Waals surface area contributed by atoms with Crippen LogP contribution in [0.25, 0.3) is 0 Å². The van der Waals surface area contributed by atoms with Crippen LogP contribution in [0, 0.1) is 6.92 Å². The largest absolute Gasteiger partial charge is 0.479 e. The van der Waals surface area contributed by atoms with E-state index in [2.05, 4.69) is 21.4 Å². The zero-order valence-corrected chi connectivity index (χ0v) is 11.6. The fourth-order valence-electron chi connectivity index (χ4n) is 1.45. The second-order valence-corrected chi connectivity index (χ2v) is 4.69. The predicted molar refractivity (Wildman–Crippen MR) is 70.5 cm³/mol. The first-order valence-electron chi connectivity index (χ1n) is 5.51. The molecular formula is C12H17BrN2O2. The Bertz CT molecular complexity index is 396. The van der Waals surface area contributed by atoms with Crippen molar-refractivity contribution in [1.29, 1.82) is 0 Å². The van der Waals surface area contributed by atoms with E-state index in [0.29, 0.717) is 12.2 Å². The lowest BCUT2D eigenvalue weighted by Crippen LogP contribution is -2.42. The van der Waals surface area contributed by atoms with E-state index in [1.807, 2.05) is 32.0 Å². The molecule has 0 aliphatic carbocycles. The van der Waals surface area contributed by atoms with Crippen LogP contribution in [0.4, 0.5) is 0 Å². The molecule has 3 N–H and O–H groups in total. The number of ether oxygens (including phenoxy) is 1. The van der Waals surface area contributed by atoms with E-state index < -0.39 is 6.10 Å². The minimum absolute atomic E-state index is 0.306. The van der Waals surface area contributed by atoms with Crippen LogP contribution < -0.4 is 16.0 Å². The van der Waals surface area contributed by atoms with Crippen LogP contribution in [0.3, 0.4) is 0 Å². The maximum atomic E-state index is 11.5. The molecule has 0 saturated heterocycles. The molecule has 1 aromatic rings. The van der Waals surface area contributed by atoms with E-state index in [4.69, 9.17) is 10.6 Å². The fourth-order valence-corrected chi connectivity index (χ4v) is 2.04. The van der Waals surface area contributed by atoms with Gasteiger partial charge in [-0.2, -0.15) is 0 Å². The topological polar surface area (TPSA) is 64.3 Å². The van der Waals surface area contributed by atoms with Gasteiger partial charge in [0.2, 0.25) is 0 Å². The number of nitrogens with one attached hydrogen (secondary N) is 1. The molecular weight excluding hydrogens is 284 g/mol. The Hall–Kier alpha value is -1.07. The van der Waals surface area contributed by atoms with E-state index in [1.165, 1.54) is 0 Å². The lowest BCUT2D eigenvalue weighted by Gasteiger charge is -2.17. The van der Waals surface area contributed by atoms with E-state index >= 15 is 0 Å². The number of nitrogens with two attached hydrogens (primary N) is 1. The molecule has 4 nitrogen and oxygen atoms in total. The van der Waals surface area contributed by atoms with Gasteiger partial charge in [-0.1, -0.05) is 19.4 Å². The number of aryl methyl sites for hydroxylation is 1. The van der Waals surface area contributed by atoms with Gasteiger partial charge in [-0.15, -0.1) is 0 Å². The van der Waals surface area contributed by atoms with Gasteiger partial charge in [-0.25, -0.2) is 5.84 Å². The number of hydrogen-bond donors (Lipinski definition) is 2. The first-order chi connectivity index (χ1) is 8.08. The SMILES string of the molecule is CCCC(Oc1ccc(C)cc1Br)C(=O)NN. The molecule has 0 heterocycles. The lowest BCUT2D eigenvalue weighted by molar-refractivity contribution is -0.128. The van der Waals surface area contributed by atoms with Crippen molar-refractivity contribution in [2.45, 2.75) is 32.8 Å². The van der Waals surface area contributed by atoms with Gasteiger partial charge in [-0.3, -0.25) is 10.2 Å². The summed E-state index contributed by atoms with van der Waals surface area (Å²) >= 11 is 3.41. The standard InChI is InChI=1S/C12H17BrN2O2/c1-3-4-11(12(16)15-14)17-10-6-5-8(2)7-9(10)13/h5-7,11H,3-4,14H2,1-2H3,(H,15,16). The molecule has 1 atom stereocenters. The third kappa shape index (κ3) is 4.02. The minimum atomic E-state index is -0.552. The maximum absolute atomic E-state index is 11.5. The highest BCUT2D eigenvalue weighted by molar-refractivity contribution is 9.10. The second kappa shape index (κ2) is 6.61. The molecule has 1 aromatic carbocycles. The van der Waals surface area contributed by atoms with Crippen LogP contribution in [0.15, 0.2) is 22.7 Å². The molecule has 0 radical (unpaired) electrons. The summed E-state index contributed by atoms with van der Waals surface area (Å²) in [5, 5.41) is 0. The summed E-state index contributed by atoms with van der Waals surface area (Å²) in [7, 11) is 0. The number of hydrazine groups is 1. The van der Waals surface area contributed by atoms with Crippen LogP contribution in [0.5, 0.6) is 5.75 Å². The van der Waals surface area contributed by atoms with Gasteiger partial charge in [0.15, 0.2) is 6.10 Å². The molecule has 0 bridgehead atoms. The molecule has 1 rings (SSSR count). The maximum Gasteiger partial charge on any atom is 0.274 e. The molecule has 5 heteroatoms. The van der Waals surface area contributed by atoms with Gasteiger partial charge in [0.05, 0.1) is 4.47 Å². The highest BCUT2D eigenvalue weighted by Gasteiger charge is 2.19. The van der Waals surface area contributed by atoms with E-state index in [9.17, 15) is 4.79 Å². The lowest BCUT2D eigenvalue weighted by atomic mass is 10.2. The van der Waals surface area contributed by atoms with E-state index in [-0.39, 0.29) is 5.91 Å². The summed E-state index contributed by atoms with van der Waals surface area (Å²) in [6.07, 6.45) is 0.925. The highest BCUT2D eigenvalue weighted by atomic mass is 79.9. The number of halogens is 1. The summed E-state index contributed by atoms with van der Waals surface area (Å²) < 4.78 is 6.49. The van der Waals surface area contributed by atoms with E-state index in [1.54, 1.807) is 0 Å². The Morgan fingerprint density at radius 1 is 1.59 bits per heavy atom. The van der Waals surface area contributed by atoms with Crippen molar-refractivity contribution in [3.8, 4) is 5.75 Å². The number of carbonyl (C=O) groups excluding carboxylic acids is 1. The van der Waals surface area contributed by atoms with Gasteiger partial charge < -0.3 is 4.74 Å². The molecule has 1 amide bonds. The average Bonchev–Trinajstić information content (AvgIpc) is 2.30. The summed E-state index contributed by atoms with van der Waals surface area (Å²) in [5.74, 6) is 5.47. The molecule has 0 aliphatic heterocycles.